The van der Waals surface area contributed by atoms with Gasteiger partial charge in [-0.15, -0.1) is 6.58 Å². The fourth-order valence-corrected chi connectivity index (χ4v) is 1.88. The number of amides is 1. The number of aliphatic hydroxyl groups is 1. The van der Waals surface area contributed by atoms with Crippen LogP contribution in [0.3, 0.4) is 0 Å². The Morgan fingerprint density at radius 3 is 3.06 bits per heavy atom. The van der Waals surface area contributed by atoms with E-state index in [0.29, 0.717) is 11.3 Å². The summed E-state index contributed by atoms with van der Waals surface area (Å²) in [4.78, 5) is 13.4. The SMILES string of the molecule is C=CCCN(C)c1ccc2c(c1)NC(=O)C2O. The Hall–Kier alpha value is -1.81. The van der Waals surface area contributed by atoms with Crippen LogP contribution in [0, 0.1) is 0 Å². The van der Waals surface area contributed by atoms with Gasteiger partial charge < -0.3 is 15.3 Å². The number of aliphatic hydroxyl groups excluding tert-OH is 1. The first-order chi connectivity index (χ1) is 8.13. The molecule has 0 aliphatic carbocycles. The molecule has 4 nitrogen and oxygen atoms in total. The summed E-state index contributed by atoms with van der Waals surface area (Å²) >= 11 is 0. The third kappa shape index (κ3) is 2.17. The molecule has 0 radical (unpaired) electrons. The molecule has 0 saturated carbocycles. The van der Waals surface area contributed by atoms with Crippen molar-refractivity contribution in [2.45, 2.75) is 12.5 Å². The standard InChI is InChI=1S/C13H16N2O2/c1-3-4-7-15(2)9-5-6-10-11(8-9)14-13(17)12(10)16/h3,5-6,8,12,16H,1,4,7H2,2H3,(H,14,17). The first-order valence-electron chi connectivity index (χ1n) is 5.58. The van der Waals surface area contributed by atoms with Crippen molar-refractivity contribution in [3.63, 3.8) is 0 Å². The quantitative estimate of drug-likeness (QED) is 0.777. The molecule has 1 aliphatic heterocycles. The van der Waals surface area contributed by atoms with E-state index in [1.165, 1.54) is 0 Å². The van der Waals surface area contributed by atoms with Gasteiger partial charge in [0.25, 0.3) is 5.91 Å². The molecule has 1 aliphatic rings. The second-order valence-electron chi connectivity index (χ2n) is 4.16. The van der Waals surface area contributed by atoms with Crippen LogP contribution in [0.2, 0.25) is 0 Å². The number of nitrogens with zero attached hydrogens (tertiary/aromatic N) is 1. The first-order valence-corrected chi connectivity index (χ1v) is 5.58. The monoisotopic (exact) mass is 232 g/mol. The van der Waals surface area contributed by atoms with Crippen molar-refractivity contribution < 1.29 is 9.90 Å². The first kappa shape index (κ1) is 11.7. The highest BCUT2D eigenvalue weighted by molar-refractivity contribution is 6.02. The molecule has 2 rings (SSSR count). The summed E-state index contributed by atoms with van der Waals surface area (Å²) in [5.74, 6) is -0.356. The van der Waals surface area contributed by atoms with E-state index in [0.717, 1.165) is 18.7 Å². The molecule has 1 atom stereocenters. The molecule has 1 unspecified atom stereocenters. The number of benzene rings is 1. The molecule has 17 heavy (non-hydrogen) atoms. The van der Waals surface area contributed by atoms with Gasteiger partial charge in [0.15, 0.2) is 6.10 Å². The maximum absolute atomic E-state index is 11.3. The van der Waals surface area contributed by atoms with E-state index in [1.807, 2.05) is 25.3 Å². The molecule has 1 amide bonds. The van der Waals surface area contributed by atoms with Gasteiger partial charge in [0, 0.05) is 30.5 Å². The van der Waals surface area contributed by atoms with E-state index in [9.17, 15) is 9.90 Å². The van der Waals surface area contributed by atoms with Crippen LogP contribution in [-0.4, -0.2) is 24.6 Å². The summed E-state index contributed by atoms with van der Waals surface area (Å²) in [6.07, 6.45) is 1.75. The van der Waals surface area contributed by atoms with Gasteiger partial charge in [-0.25, -0.2) is 0 Å². The lowest BCUT2D eigenvalue weighted by Crippen LogP contribution is -2.17. The number of nitrogens with one attached hydrogen (secondary N) is 1. The number of hydrogen-bond acceptors (Lipinski definition) is 3. The van der Waals surface area contributed by atoms with Gasteiger partial charge >= 0.3 is 0 Å². The van der Waals surface area contributed by atoms with Gasteiger partial charge in [-0.05, 0) is 18.6 Å². The largest absolute Gasteiger partial charge is 0.378 e. The molecule has 90 valence electrons. The van der Waals surface area contributed by atoms with Crippen molar-refractivity contribution in [2.75, 3.05) is 23.8 Å². The van der Waals surface area contributed by atoms with Crippen LogP contribution in [-0.2, 0) is 4.79 Å². The topological polar surface area (TPSA) is 52.6 Å². The lowest BCUT2D eigenvalue weighted by atomic mass is 10.1. The Balaban J connectivity index is 2.20. The van der Waals surface area contributed by atoms with E-state index in [4.69, 9.17) is 0 Å². The molecule has 2 N–H and O–H groups in total. The predicted molar refractivity (Wildman–Crippen MR) is 68.1 cm³/mol. The summed E-state index contributed by atoms with van der Waals surface area (Å²) in [7, 11) is 1.98. The molecule has 0 saturated heterocycles. The number of rotatable bonds is 4. The Kier molecular flexibility index (Phi) is 3.15. The van der Waals surface area contributed by atoms with Gasteiger partial charge in [-0.3, -0.25) is 4.79 Å². The molecule has 0 aromatic heterocycles. The number of anilines is 2. The lowest BCUT2D eigenvalue weighted by molar-refractivity contribution is -0.123. The number of carbonyl (C=O) groups excluding carboxylic acids is 1. The summed E-state index contributed by atoms with van der Waals surface area (Å²) < 4.78 is 0. The maximum Gasteiger partial charge on any atom is 0.257 e. The third-order valence-electron chi connectivity index (χ3n) is 2.95. The van der Waals surface area contributed by atoms with Gasteiger partial charge in [-0.2, -0.15) is 0 Å². The maximum atomic E-state index is 11.3. The summed E-state index contributed by atoms with van der Waals surface area (Å²) in [5.41, 5.74) is 2.36. The van der Waals surface area contributed by atoms with Crippen LogP contribution in [0.4, 0.5) is 11.4 Å². The van der Waals surface area contributed by atoms with Crippen LogP contribution in [0.25, 0.3) is 0 Å². The van der Waals surface area contributed by atoms with E-state index in [1.54, 1.807) is 6.07 Å². The van der Waals surface area contributed by atoms with Crippen LogP contribution >= 0.6 is 0 Å². The minimum atomic E-state index is -1.03. The molecule has 0 spiro atoms. The Morgan fingerprint density at radius 1 is 1.59 bits per heavy atom. The molecule has 1 heterocycles. The molecule has 4 heteroatoms. The minimum Gasteiger partial charge on any atom is -0.378 e. The van der Waals surface area contributed by atoms with Gasteiger partial charge in [-0.1, -0.05) is 12.1 Å². The smallest absolute Gasteiger partial charge is 0.257 e. The number of hydrogen-bond donors (Lipinski definition) is 2. The molecule has 0 fully saturated rings. The second kappa shape index (κ2) is 4.59. The molecule has 1 aromatic carbocycles. The van der Waals surface area contributed by atoms with Crippen LogP contribution in [0.15, 0.2) is 30.9 Å². The van der Waals surface area contributed by atoms with Crippen molar-refractivity contribution in [2.24, 2.45) is 0 Å². The van der Waals surface area contributed by atoms with Gasteiger partial charge in [0.05, 0.1) is 0 Å². The highest BCUT2D eigenvalue weighted by Crippen LogP contribution is 2.33. The van der Waals surface area contributed by atoms with Gasteiger partial charge in [0.2, 0.25) is 0 Å². The fourth-order valence-electron chi connectivity index (χ4n) is 1.88. The summed E-state index contributed by atoms with van der Waals surface area (Å²) in [6.45, 7) is 4.56. The van der Waals surface area contributed by atoms with Crippen LogP contribution in [0.1, 0.15) is 18.1 Å². The zero-order chi connectivity index (χ0) is 12.4. The fraction of sp³-hybridized carbons (Fsp3) is 0.308. The third-order valence-corrected chi connectivity index (χ3v) is 2.95. The predicted octanol–water partition coefficient (Wildman–Crippen LogP) is 1.68. The highest BCUT2D eigenvalue weighted by Gasteiger charge is 2.28. The second-order valence-corrected chi connectivity index (χ2v) is 4.16. The summed E-state index contributed by atoms with van der Waals surface area (Å²) in [6, 6.07) is 5.58. The Bertz CT molecular complexity index is 457. The Labute approximate surface area is 101 Å². The minimum absolute atomic E-state index is 0.356. The van der Waals surface area contributed by atoms with Crippen molar-refractivity contribution in [1.29, 1.82) is 0 Å². The molecular formula is C13H16N2O2. The Morgan fingerprint density at radius 2 is 2.35 bits per heavy atom. The number of carbonyl (C=O) groups is 1. The zero-order valence-corrected chi connectivity index (χ0v) is 9.81. The zero-order valence-electron chi connectivity index (χ0n) is 9.81. The van der Waals surface area contributed by atoms with Gasteiger partial charge in [0.1, 0.15) is 0 Å². The normalized spacial score (nSPS) is 17.5. The average molecular weight is 232 g/mol. The van der Waals surface area contributed by atoms with E-state index >= 15 is 0 Å². The van der Waals surface area contributed by atoms with E-state index in [-0.39, 0.29) is 5.91 Å². The number of fused-ring (bicyclic) bond motifs is 1. The van der Waals surface area contributed by atoms with Crippen molar-refractivity contribution in [3.8, 4) is 0 Å². The van der Waals surface area contributed by atoms with Crippen LogP contribution in [0.5, 0.6) is 0 Å². The van der Waals surface area contributed by atoms with Crippen molar-refractivity contribution >= 4 is 17.3 Å². The average Bonchev–Trinajstić information content (AvgIpc) is 2.61. The van der Waals surface area contributed by atoms with E-state index < -0.39 is 6.10 Å². The summed E-state index contributed by atoms with van der Waals surface area (Å²) in [5, 5.41) is 12.2. The molecular weight excluding hydrogens is 216 g/mol. The van der Waals surface area contributed by atoms with Crippen LogP contribution < -0.4 is 10.2 Å². The lowest BCUT2D eigenvalue weighted by Gasteiger charge is -2.19. The van der Waals surface area contributed by atoms with Crippen molar-refractivity contribution in [1.82, 2.24) is 0 Å². The highest BCUT2D eigenvalue weighted by atomic mass is 16.3. The molecule has 0 bridgehead atoms. The van der Waals surface area contributed by atoms with E-state index in [2.05, 4.69) is 16.8 Å². The van der Waals surface area contributed by atoms with Crippen molar-refractivity contribution in [3.05, 3.63) is 36.4 Å². The molecule has 1 aromatic rings.